The van der Waals surface area contributed by atoms with Crippen molar-refractivity contribution in [2.45, 2.75) is 39.2 Å². The maximum atomic E-state index is 12.8. The fourth-order valence-electron chi connectivity index (χ4n) is 3.73. The van der Waals surface area contributed by atoms with E-state index in [2.05, 4.69) is 10.3 Å². The Labute approximate surface area is 182 Å². The van der Waals surface area contributed by atoms with Crippen molar-refractivity contribution in [3.05, 3.63) is 54.9 Å². The molecule has 1 fully saturated rings. The number of amides is 2. The second kappa shape index (κ2) is 8.41. The number of nitrogens with zero attached hydrogens (tertiary/aromatic N) is 3. The van der Waals surface area contributed by atoms with Gasteiger partial charge in [0.1, 0.15) is 11.2 Å². The maximum absolute atomic E-state index is 12.8. The van der Waals surface area contributed by atoms with Crippen LogP contribution in [0, 0.1) is 5.92 Å². The van der Waals surface area contributed by atoms with Crippen LogP contribution < -0.4 is 5.32 Å². The van der Waals surface area contributed by atoms with Gasteiger partial charge in [0.15, 0.2) is 0 Å². The molecule has 3 heterocycles. The monoisotopic (exact) mass is 420 g/mol. The Balaban J connectivity index is 1.38. The van der Waals surface area contributed by atoms with Crippen molar-refractivity contribution in [3.63, 3.8) is 0 Å². The predicted octanol–water partition coefficient (Wildman–Crippen LogP) is 4.59. The van der Waals surface area contributed by atoms with Crippen LogP contribution in [0.4, 0.5) is 10.5 Å². The number of fused-ring (bicyclic) bond motifs is 1. The molecule has 1 aliphatic heterocycles. The summed E-state index contributed by atoms with van der Waals surface area (Å²) >= 11 is 0. The average Bonchev–Trinajstić information content (AvgIpc) is 3.17. The number of anilines is 1. The Kier molecular flexibility index (Phi) is 5.67. The first-order valence-corrected chi connectivity index (χ1v) is 10.6. The van der Waals surface area contributed by atoms with E-state index in [0.29, 0.717) is 13.1 Å². The highest BCUT2D eigenvalue weighted by atomic mass is 16.6. The highest BCUT2D eigenvalue weighted by molar-refractivity contribution is 5.93. The summed E-state index contributed by atoms with van der Waals surface area (Å²) in [4.78, 5) is 31.4. The summed E-state index contributed by atoms with van der Waals surface area (Å²) in [7, 11) is 0. The summed E-state index contributed by atoms with van der Waals surface area (Å²) in [6.07, 6.45) is 5.12. The second-order valence-electron chi connectivity index (χ2n) is 8.92. The van der Waals surface area contributed by atoms with Crippen LogP contribution in [0.25, 0.3) is 16.9 Å². The van der Waals surface area contributed by atoms with Gasteiger partial charge in [-0.05, 0) is 57.9 Å². The number of nitrogens with one attached hydrogen (secondary N) is 1. The molecule has 4 rings (SSSR count). The number of likely N-dealkylation sites (tertiary alicyclic amines) is 1. The van der Waals surface area contributed by atoms with Crippen molar-refractivity contribution in [1.29, 1.82) is 0 Å². The van der Waals surface area contributed by atoms with E-state index in [0.717, 1.165) is 35.4 Å². The van der Waals surface area contributed by atoms with Crippen molar-refractivity contribution in [3.8, 4) is 11.3 Å². The number of hydrogen-bond acceptors (Lipinski definition) is 4. The zero-order chi connectivity index (χ0) is 22.0. The van der Waals surface area contributed by atoms with Gasteiger partial charge in [-0.1, -0.05) is 18.2 Å². The van der Waals surface area contributed by atoms with E-state index in [1.54, 1.807) is 4.90 Å². The number of imidazole rings is 1. The molecule has 7 heteroatoms. The number of hydrogen-bond donors (Lipinski definition) is 1. The van der Waals surface area contributed by atoms with Crippen LogP contribution in [-0.4, -0.2) is 45.0 Å². The van der Waals surface area contributed by atoms with Crippen molar-refractivity contribution < 1.29 is 14.3 Å². The molecule has 0 saturated carbocycles. The van der Waals surface area contributed by atoms with E-state index in [1.807, 2.05) is 80.0 Å². The van der Waals surface area contributed by atoms with Crippen LogP contribution in [0.15, 0.2) is 54.9 Å². The Morgan fingerprint density at radius 3 is 2.61 bits per heavy atom. The Bertz CT molecular complexity index is 1050. The van der Waals surface area contributed by atoms with Crippen LogP contribution in [-0.2, 0) is 9.53 Å². The first-order valence-electron chi connectivity index (χ1n) is 10.6. The fourth-order valence-corrected chi connectivity index (χ4v) is 3.73. The standard InChI is InChI=1S/C24H28N4O3/c1-24(2,3)31-23(30)28-14-6-7-18(15-28)22(29)25-19-11-9-17(10-12-19)20-16-27-13-5-4-8-21(27)26-20/h4-5,8-13,16,18H,6-7,14-15H2,1-3H3,(H,25,29)/t18-/m1/s1. The zero-order valence-electron chi connectivity index (χ0n) is 18.2. The topological polar surface area (TPSA) is 75.9 Å². The van der Waals surface area contributed by atoms with Crippen LogP contribution in [0.3, 0.4) is 0 Å². The number of carbonyl (C=O) groups excluding carboxylic acids is 2. The minimum Gasteiger partial charge on any atom is -0.444 e. The van der Waals surface area contributed by atoms with Gasteiger partial charge in [-0.3, -0.25) is 4.79 Å². The van der Waals surface area contributed by atoms with Gasteiger partial charge in [-0.2, -0.15) is 0 Å². The zero-order valence-corrected chi connectivity index (χ0v) is 18.2. The van der Waals surface area contributed by atoms with E-state index in [9.17, 15) is 9.59 Å². The Morgan fingerprint density at radius 1 is 1.13 bits per heavy atom. The number of carbonyl (C=O) groups is 2. The minimum atomic E-state index is -0.547. The van der Waals surface area contributed by atoms with Gasteiger partial charge in [0.2, 0.25) is 5.91 Å². The molecule has 1 aliphatic rings. The fraction of sp³-hybridized carbons (Fsp3) is 0.375. The summed E-state index contributed by atoms with van der Waals surface area (Å²) in [5.41, 5.74) is 2.93. The molecular formula is C24H28N4O3. The lowest BCUT2D eigenvalue weighted by Crippen LogP contribution is -2.45. The molecule has 0 unspecified atom stereocenters. The van der Waals surface area contributed by atoms with Crippen molar-refractivity contribution >= 4 is 23.3 Å². The molecule has 1 aromatic carbocycles. The summed E-state index contributed by atoms with van der Waals surface area (Å²) in [6, 6.07) is 13.5. The van der Waals surface area contributed by atoms with Gasteiger partial charge in [-0.25, -0.2) is 9.78 Å². The number of piperidine rings is 1. The van der Waals surface area contributed by atoms with E-state index in [4.69, 9.17) is 4.74 Å². The summed E-state index contributed by atoms with van der Waals surface area (Å²) in [5.74, 6) is -0.326. The third-order valence-corrected chi connectivity index (χ3v) is 5.26. The highest BCUT2D eigenvalue weighted by Gasteiger charge is 2.31. The van der Waals surface area contributed by atoms with E-state index < -0.39 is 5.60 Å². The first kappa shape index (κ1) is 20.9. The minimum absolute atomic E-state index is 0.0752. The van der Waals surface area contributed by atoms with Gasteiger partial charge in [0.05, 0.1) is 11.6 Å². The number of aromatic nitrogens is 2. The van der Waals surface area contributed by atoms with Crippen molar-refractivity contribution in [2.24, 2.45) is 5.92 Å². The predicted molar refractivity (Wildman–Crippen MR) is 120 cm³/mol. The molecule has 3 aromatic rings. The van der Waals surface area contributed by atoms with Gasteiger partial charge in [0, 0.05) is 36.7 Å². The summed E-state index contributed by atoms with van der Waals surface area (Å²) < 4.78 is 7.42. The molecule has 1 N–H and O–H groups in total. The van der Waals surface area contributed by atoms with Crippen LogP contribution in [0.1, 0.15) is 33.6 Å². The lowest BCUT2D eigenvalue weighted by molar-refractivity contribution is -0.121. The Morgan fingerprint density at radius 2 is 1.90 bits per heavy atom. The SMILES string of the molecule is CC(C)(C)OC(=O)N1CCC[C@@H](C(=O)Nc2ccc(-c3cn4ccccc4n3)cc2)C1. The Hall–Kier alpha value is -3.35. The molecular weight excluding hydrogens is 392 g/mol. The number of benzene rings is 1. The van der Waals surface area contributed by atoms with Gasteiger partial charge < -0.3 is 19.4 Å². The average molecular weight is 421 g/mol. The summed E-state index contributed by atoms with van der Waals surface area (Å²) in [5, 5.41) is 2.98. The quantitative estimate of drug-likeness (QED) is 0.673. The number of pyridine rings is 1. The third kappa shape index (κ3) is 5.05. The smallest absolute Gasteiger partial charge is 0.410 e. The first-order chi connectivity index (χ1) is 14.8. The van der Waals surface area contributed by atoms with Crippen LogP contribution in [0.5, 0.6) is 0 Å². The highest BCUT2D eigenvalue weighted by Crippen LogP contribution is 2.24. The molecule has 0 spiro atoms. The molecule has 0 aliphatic carbocycles. The molecule has 31 heavy (non-hydrogen) atoms. The lowest BCUT2D eigenvalue weighted by atomic mass is 9.97. The molecule has 2 aromatic heterocycles. The molecule has 2 amide bonds. The molecule has 7 nitrogen and oxygen atoms in total. The molecule has 0 radical (unpaired) electrons. The molecule has 0 bridgehead atoms. The van der Waals surface area contributed by atoms with Crippen molar-refractivity contribution in [2.75, 3.05) is 18.4 Å². The van der Waals surface area contributed by atoms with E-state index in [1.165, 1.54) is 0 Å². The van der Waals surface area contributed by atoms with Crippen LogP contribution in [0.2, 0.25) is 0 Å². The van der Waals surface area contributed by atoms with Gasteiger partial charge >= 0.3 is 6.09 Å². The largest absolute Gasteiger partial charge is 0.444 e. The number of ether oxygens (including phenoxy) is 1. The molecule has 1 saturated heterocycles. The van der Waals surface area contributed by atoms with E-state index >= 15 is 0 Å². The molecule has 1 atom stereocenters. The normalized spacial score (nSPS) is 16.9. The number of rotatable bonds is 3. The van der Waals surface area contributed by atoms with E-state index in [-0.39, 0.29) is 17.9 Å². The maximum Gasteiger partial charge on any atom is 0.410 e. The second-order valence-corrected chi connectivity index (χ2v) is 8.92. The van der Waals surface area contributed by atoms with Gasteiger partial charge in [-0.15, -0.1) is 0 Å². The third-order valence-electron chi connectivity index (χ3n) is 5.26. The van der Waals surface area contributed by atoms with Crippen molar-refractivity contribution in [1.82, 2.24) is 14.3 Å². The summed E-state index contributed by atoms with van der Waals surface area (Å²) in [6.45, 7) is 6.52. The lowest BCUT2D eigenvalue weighted by Gasteiger charge is -2.33. The van der Waals surface area contributed by atoms with Gasteiger partial charge in [0.25, 0.3) is 0 Å². The molecule has 162 valence electrons. The van der Waals surface area contributed by atoms with Crippen LogP contribution >= 0.6 is 0 Å².